The summed E-state index contributed by atoms with van der Waals surface area (Å²) in [4.78, 5) is 6.85. The first-order valence-corrected chi connectivity index (χ1v) is 11.6. The van der Waals surface area contributed by atoms with Crippen LogP contribution in [0.4, 0.5) is 24.8 Å². The lowest BCUT2D eigenvalue weighted by atomic mass is 9.91. The summed E-state index contributed by atoms with van der Waals surface area (Å²) in [6, 6.07) is 5.30. The van der Waals surface area contributed by atoms with Gasteiger partial charge in [0.1, 0.15) is 17.2 Å². The molecule has 2 fully saturated rings. The van der Waals surface area contributed by atoms with E-state index in [1.807, 2.05) is 13.0 Å². The fourth-order valence-corrected chi connectivity index (χ4v) is 4.84. The Balaban J connectivity index is 1.49. The maximum absolute atomic E-state index is 15.3. The summed E-state index contributed by atoms with van der Waals surface area (Å²) < 4.78 is 50.5. The van der Waals surface area contributed by atoms with Crippen LogP contribution in [0.15, 0.2) is 30.5 Å². The molecule has 2 aliphatic rings. The van der Waals surface area contributed by atoms with Gasteiger partial charge in [-0.15, -0.1) is 5.10 Å². The molecule has 10 heteroatoms. The molecular weight excluding hydrogens is 459 g/mol. The number of pyridine rings is 1. The number of aromatic nitrogens is 3. The molecule has 35 heavy (non-hydrogen) atoms. The summed E-state index contributed by atoms with van der Waals surface area (Å²) in [5, 5.41) is 23.1. The first-order valence-electron chi connectivity index (χ1n) is 11.6. The first kappa shape index (κ1) is 23.7. The summed E-state index contributed by atoms with van der Waals surface area (Å²) >= 11 is 0. The SMILES string of the molecule is Cc1nnc(N[C@H](C)c2cccc(C(F)(F)C(C)(C)O)c2F)c2cc(N3C[C@H]4C[C@@H]3CO4)ncc12. The van der Waals surface area contributed by atoms with Crippen molar-refractivity contribution in [1.29, 1.82) is 0 Å². The van der Waals surface area contributed by atoms with Crippen LogP contribution in [0.1, 0.15) is 50.1 Å². The van der Waals surface area contributed by atoms with Gasteiger partial charge >= 0.3 is 5.92 Å². The number of anilines is 2. The summed E-state index contributed by atoms with van der Waals surface area (Å²) in [5.41, 5.74) is -2.55. The Kier molecular flexibility index (Phi) is 5.63. The van der Waals surface area contributed by atoms with E-state index in [0.29, 0.717) is 18.1 Å². The highest BCUT2D eigenvalue weighted by Crippen LogP contribution is 2.41. The molecule has 1 aromatic carbocycles. The molecule has 2 N–H and O–H groups in total. The lowest BCUT2D eigenvalue weighted by molar-refractivity contribution is -0.170. The third-order valence-corrected chi connectivity index (χ3v) is 6.98. The number of fused-ring (bicyclic) bond motifs is 3. The van der Waals surface area contributed by atoms with Crippen LogP contribution in [-0.4, -0.2) is 51.2 Å². The van der Waals surface area contributed by atoms with E-state index in [9.17, 15) is 13.9 Å². The van der Waals surface area contributed by atoms with Crippen LogP contribution in [0.25, 0.3) is 10.8 Å². The van der Waals surface area contributed by atoms with Crippen molar-refractivity contribution in [2.24, 2.45) is 0 Å². The lowest BCUT2D eigenvalue weighted by Crippen LogP contribution is -2.41. The Bertz CT molecular complexity index is 1280. The third-order valence-electron chi connectivity index (χ3n) is 6.98. The van der Waals surface area contributed by atoms with E-state index < -0.39 is 28.9 Å². The molecule has 186 valence electrons. The highest BCUT2D eigenvalue weighted by atomic mass is 19.3. The van der Waals surface area contributed by atoms with E-state index in [-0.39, 0.29) is 17.7 Å². The van der Waals surface area contributed by atoms with Crippen molar-refractivity contribution in [1.82, 2.24) is 15.2 Å². The largest absolute Gasteiger partial charge is 0.384 e. The van der Waals surface area contributed by atoms with Crippen molar-refractivity contribution in [2.45, 2.75) is 63.8 Å². The van der Waals surface area contributed by atoms with Gasteiger partial charge in [-0.3, -0.25) is 0 Å². The van der Waals surface area contributed by atoms with Crippen molar-refractivity contribution in [3.8, 4) is 0 Å². The van der Waals surface area contributed by atoms with Gasteiger partial charge in [0.05, 0.1) is 36.1 Å². The van der Waals surface area contributed by atoms with Crippen LogP contribution in [0.3, 0.4) is 0 Å². The quantitative estimate of drug-likeness (QED) is 0.530. The Hall–Kier alpha value is -2.98. The van der Waals surface area contributed by atoms with Gasteiger partial charge in [0.15, 0.2) is 5.82 Å². The highest BCUT2D eigenvalue weighted by Gasteiger charge is 2.49. The molecule has 2 bridgehead atoms. The smallest absolute Gasteiger partial charge is 0.303 e. The predicted molar refractivity (Wildman–Crippen MR) is 126 cm³/mol. The van der Waals surface area contributed by atoms with Gasteiger partial charge in [-0.2, -0.15) is 13.9 Å². The van der Waals surface area contributed by atoms with Gasteiger partial charge in [0.25, 0.3) is 0 Å². The zero-order chi connectivity index (χ0) is 25.1. The number of hydrogen-bond acceptors (Lipinski definition) is 7. The lowest BCUT2D eigenvalue weighted by Gasteiger charge is -2.30. The molecule has 0 spiro atoms. The number of nitrogens with zero attached hydrogens (tertiary/aromatic N) is 4. The fraction of sp³-hybridized carbons (Fsp3) is 0.480. The van der Waals surface area contributed by atoms with Gasteiger partial charge in [-0.25, -0.2) is 9.37 Å². The van der Waals surface area contributed by atoms with Crippen molar-refractivity contribution < 1.29 is 23.0 Å². The minimum absolute atomic E-state index is 0.0326. The topological polar surface area (TPSA) is 83.4 Å². The van der Waals surface area contributed by atoms with E-state index in [4.69, 9.17) is 4.74 Å². The number of hydrogen-bond donors (Lipinski definition) is 2. The zero-order valence-electron chi connectivity index (χ0n) is 20.0. The number of aryl methyl sites for hydroxylation is 1. The average molecular weight is 488 g/mol. The van der Waals surface area contributed by atoms with Gasteiger partial charge in [-0.1, -0.05) is 12.1 Å². The molecule has 0 unspecified atom stereocenters. The summed E-state index contributed by atoms with van der Waals surface area (Å²) in [5.74, 6) is -3.64. The maximum atomic E-state index is 15.3. The molecule has 5 rings (SSSR count). The molecule has 0 aliphatic carbocycles. The normalized spacial score (nSPS) is 21.1. The van der Waals surface area contributed by atoms with Crippen LogP contribution in [0.5, 0.6) is 0 Å². The van der Waals surface area contributed by atoms with Gasteiger partial charge in [0, 0.05) is 29.1 Å². The number of rotatable bonds is 6. The molecule has 7 nitrogen and oxygen atoms in total. The zero-order valence-corrected chi connectivity index (χ0v) is 20.0. The molecule has 2 saturated heterocycles. The van der Waals surface area contributed by atoms with Crippen LogP contribution >= 0.6 is 0 Å². The number of ether oxygens (including phenoxy) is 1. The Morgan fingerprint density at radius 1 is 1.23 bits per heavy atom. The fourth-order valence-electron chi connectivity index (χ4n) is 4.84. The minimum atomic E-state index is -3.78. The Morgan fingerprint density at radius 3 is 2.66 bits per heavy atom. The number of nitrogens with one attached hydrogen (secondary N) is 1. The molecule has 0 amide bonds. The van der Waals surface area contributed by atoms with Crippen molar-refractivity contribution in [3.05, 3.63) is 53.1 Å². The minimum Gasteiger partial charge on any atom is -0.384 e. The van der Waals surface area contributed by atoms with Gasteiger partial charge in [-0.05, 0) is 46.2 Å². The number of aliphatic hydroxyl groups is 1. The average Bonchev–Trinajstić information content (AvgIpc) is 3.44. The molecule has 0 saturated carbocycles. The molecule has 3 atom stereocenters. The molecule has 0 radical (unpaired) electrons. The number of benzene rings is 1. The first-order chi connectivity index (χ1) is 16.5. The number of alkyl halides is 2. The van der Waals surface area contributed by atoms with Gasteiger partial charge < -0.3 is 20.1 Å². The molecule has 4 heterocycles. The maximum Gasteiger partial charge on any atom is 0.303 e. The monoisotopic (exact) mass is 487 g/mol. The van der Waals surface area contributed by atoms with Crippen LogP contribution < -0.4 is 10.2 Å². The third kappa shape index (κ3) is 3.98. The molecule has 3 aromatic rings. The van der Waals surface area contributed by atoms with Crippen molar-refractivity contribution in [2.75, 3.05) is 23.4 Å². The Morgan fingerprint density at radius 2 is 2.00 bits per heavy atom. The molecule has 2 aromatic heterocycles. The number of morpholine rings is 1. The van der Waals surface area contributed by atoms with E-state index in [1.54, 1.807) is 13.1 Å². The standard InChI is InChI=1S/C25H28F3N5O2/c1-13(17-6-5-7-20(22(17)26)25(27,28)24(3,4)34)30-23-18-9-21(29-10-19(18)14(2)31-32-23)33-11-16-8-15(33)12-35-16/h5-7,9-10,13,15-16,34H,8,11-12H2,1-4H3,(H,30,32)/t13-,15-,16-/m1/s1. The van der Waals surface area contributed by atoms with Gasteiger partial charge in [0.2, 0.25) is 0 Å². The second-order valence-corrected chi connectivity index (χ2v) is 9.93. The van der Waals surface area contributed by atoms with Crippen molar-refractivity contribution >= 4 is 22.4 Å². The summed E-state index contributed by atoms with van der Waals surface area (Å²) in [6.45, 7) is 6.85. The Labute approximate surface area is 201 Å². The molecular formula is C25H28F3N5O2. The molecule has 2 aliphatic heterocycles. The predicted octanol–water partition coefficient (Wildman–Crippen LogP) is 4.49. The van der Waals surface area contributed by atoms with Crippen LogP contribution in [0.2, 0.25) is 0 Å². The second kappa shape index (κ2) is 8.30. The summed E-state index contributed by atoms with van der Waals surface area (Å²) in [7, 11) is 0. The highest BCUT2D eigenvalue weighted by molar-refractivity contribution is 5.94. The van der Waals surface area contributed by atoms with Crippen LogP contribution in [-0.2, 0) is 10.7 Å². The van der Waals surface area contributed by atoms with E-state index in [0.717, 1.165) is 49.5 Å². The number of halogens is 3. The van der Waals surface area contributed by atoms with E-state index >= 15 is 4.39 Å². The van der Waals surface area contributed by atoms with Crippen molar-refractivity contribution in [3.63, 3.8) is 0 Å². The summed E-state index contributed by atoms with van der Waals surface area (Å²) in [6.07, 6.45) is 2.94. The van der Waals surface area contributed by atoms with E-state index in [1.165, 1.54) is 12.1 Å². The van der Waals surface area contributed by atoms with Crippen LogP contribution in [0, 0.1) is 12.7 Å². The second-order valence-electron chi connectivity index (χ2n) is 9.93. The van der Waals surface area contributed by atoms with E-state index in [2.05, 4.69) is 25.4 Å².